The normalized spacial score (nSPS) is 16.2. The summed E-state index contributed by atoms with van der Waals surface area (Å²) in [6.07, 6.45) is 4.49. The lowest BCUT2D eigenvalue weighted by molar-refractivity contribution is 0.201. The minimum Gasteiger partial charge on any atom is -0.392 e. The largest absolute Gasteiger partial charge is 0.392 e. The van der Waals surface area contributed by atoms with Crippen molar-refractivity contribution in [3.63, 3.8) is 0 Å². The second-order valence-corrected chi connectivity index (χ2v) is 6.80. The van der Waals surface area contributed by atoms with E-state index in [4.69, 9.17) is 0 Å². The molecule has 1 aliphatic carbocycles. The summed E-state index contributed by atoms with van der Waals surface area (Å²) >= 11 is 1.82. The summed E-state index contributed by atoms with van der Waals surface area (Å²) in [6.45, 7) is 4.35. The quantitative estimate of drug-likeness (QED) is 0.944. The van der Waals surface area contributed by atoms with Crippen molar-refractivity contribution in [3.05, 3.63) is 16.3 Å². The molecule has 0 aliphatic heterocycles. The van der Waals surface area contributed by atoms with E-state index in [1.807, 2.05) is 32.2 Å². The second kappa shape index (κ2) is 5.30. The van der Waals surface area contributed by atoms with Crippen molar-refractivity contribution < 1.29 is 5.11 Å². The maximum absolute atomic E-state index is 9.63. The lowest BCUT2D eigenvalue weighted by Crippen LogP contribution is -2.28. The average molecular weight is 291 g/mol. The van der Waals surface area contributed by atoms with Gasteiger partial charge in [0.15, 0.2) is 0 Å². The van der Waals surface area contributed by atoms with Crippen LogP contribution in [0, 0.1) is 6.92 Å². The van der Waals surface area contributed by atoms with Gasteiger partial charge < -0.3 is 10.0 Å². The van der Waals surface area contributed by atoms with Gasteiger partial charge in [-0.05, 0) is 45.1 Å². The molecule has 1 unspecified atom stereocenters. The highest BCUT2D eigenvalue weighted by atomic mass is 32.1. The Bertz CT molecular complexity index is 636. The SMILES string of the molecule is Cc1nc(N(C)CC(C)O)c2c3c(sc2n1)CCCC3. The lowest BCUT2D eigenvalue weighted by Gasteiger charge is -2.22. The Morgan fingerprint density at radius 1 is 1.30 bits per heavy atom. The molecule has 0 fully saturated rings. The number of rotatable bonds is 3. The van der Waals surface area contributed by atoms with Crippen LogP contribution in [0.1, 0.15) is 36.0 Å². The Kier molecular flexibility index (Phi) is 3.65. The molecule has 2 aromatic heterocycles. The maximum Gasteiger partial charge on any atom is 0.141 e. The first-order chi connectivity index (χ1) is 9.56. The van der Waals surface area contributed by atoms with Gasteiger partial charge >= 0.3 is 0 Å². The molecule has 1 aliphatic rings. The van der Waals surface area contributed by atoms with Gasteiger partial charge in [-0.3, -0.25) is 0 Å². The molecule has 4 nitrogen and oxygen atoms in total. The number of aliphatic hydroxyl groups excluding tert-OH is 1. The van der Waals surface area contributed by atoms with Crippen LogP contribution in [0.25, 0.3) is 10.2 Å². The van der Waals surface area contributed by atoms with Crippen LogP contribution in [0.15, 0.2) is 0 Å². The van der Waals surface area contributed by atoms with Crippen molar-refractivity contribution in [2.24, 2.45) is 0 Å². The highest BCUT2D eigenvalue weighted by molar-refractivity contribution is 7.19. The van der Waals surface area contributed by atoms with Gasteiger partial charge in [0.1, 0.15) is 16.5 Å². The van der Waals surface area contributed by atoms with E-state index in [0.29, 0.717) is 6.54 Å². The molecule has 1 atom stereocenters. The van der Waals surface area contributed by atoms with Crippen LogP contribution in [-0.4, -0.2) is 34.8 Å². The summed E-state index contributed by atoms with van der Waals surface area (Å²) in [5.41, 5.74) is 1.45. The Labute approximate surface area is 123 Å². The fraction of sp³-hybridized carbons (Fsp3) is 0.600. The zero-order valence-electron chi connectivity index (χ0n) is 12.3. The molecule has 0 bridgehead atoms. The molecule has 2 heterocycles. The van der Waals surface area contributed by atoms with Gasteiger partial charge in [-0.25, -0.2) is 9.97 Å². The van der Waals surface area contributed by atoms with E-state index in [9.17, 15) is 5.11 Å². The first-order valence-corrected chi connectivity index (χ1v) is 8.06. The Hall–Kier alpha value is -1.20. The van der Waals surface area contributed by atoms with Crippen LogP contribution in [0.5, 0.6) is 0 Å². The van der Waals surface area contributed by atoms with E-state index in [1.165, 1.54) is 35.1 Å². The van der Waals surface area contributed by atoms with Gasteiger partial charge in [0.05, 0.1) is 11.5 Å². The predicted octanol–water partition coefficient (Wildman–Crippen LogP) is 2.70. The molecule has 1 N–H and O–H groups in total. The molecule has 0 spiro atoms. The summed E-state index contributed by atoms with van der Waals surface area (Å²) in [6, 6.07) is 0. The van der Waals surface area contributed by atoms with Crippen LogP contribution >= 0.6 is 11.3 Å². The van der Waals surface area contributed by atoms with Gasteiger partial charge in [0.2, 0.25) is 0 Å². The summed E-state index contributed by atoms with van der Waals surface area (Å²) in [7, 11) is 2.00. The smallest absolute Gasteiger partial charge is 0.141 e. The highest BCUT2D eigenvalue weighted by Crippen LogP contribution is 2.39. The van der Waals surface area contributed by atoms with E-state index in [-0.39, 0.29) is 6.10 Å². The maximum atomic E-state index is 9.63. The van der Waals surface area contributed by atoms with Gasteiger partial charge in [0.25, 0.3) is 0 Å². The van der Waals surface area contributed by atoms with E-state index in [0.717, 1.165) is 22.9 Å². The topological polar surface area (TPSA) is 49.2 Å². The number of thiophene rings is 1. The Morgan fingerprint density at radius 3 is 2.80 bits per heavy atom. The van der Waals surface area contributed by atoms with E-state index in [2.05, 4.69) is 14.9 Å². The number of aliphatic hydroxyl groups is 1. The highest BCUT2D eigenvalue weighted by Gasteiger charge is 2.22. The number of hydrogen-bond donors (Lipinski definition) is 1. The number of fused-ring (bicyclic) bond motifs is 3. The van der Waals surface area contributed by atoms with E-state index in [1.54, 1.807) is 0 Å². The van der Waals surface area contributed by atoms with Gasteiger partial charge in [-0.15, -0.1) is 11.3 Å². The fourth-order valence-electron chi connectivity index (χ4n) is 3.00. The zero-order chi connectivity index (χ0) is 14.3. The van der Waals surface area contributed by atoms with Gasteiger partial charge in [-0.2, -0.15) is 0 Å². The molecule has 2 aromatic rings. The third-order valence-electron chi connectivity index (χ3n) is 3.81. The monoisotopic (exact) mass is 291 g/mol. The van der Waals surface area contributed by atoms with Crippen LogP contribution in [0.2, 0.25) is 0 Å². The number of nitrogens with zero attached hydrogens (tertiary/aromatic N) is 3. The van der Waals surface area contributed by atoms with Crippen LogP contribution < -0.4 is 4.90 Å². The summed E-state index contributed by atoms with van der Waals surface area (Å²) in [5, 5.41) is 10.9. The van der Waals surface area contributed by atoms with Crippen molar-refractivity contribution in [2.45, 2.75) is 45.6 Å². The summed E-state index contributed by atoms with van der Waals surface area (Å²) in [4.78, 5) is 13.9. The van der Waals surface area contributed by atoms with Crippen molar-refractivity contribution in [1.82, 2.24) is 9.97 Å². The zero-order valence-corrected chi connectivity index (χ0v) is 13.1. The number of aromatic nitrogens is 2. The van der Waals surface area contributed by atoms with Crippen molar-refractivity contribution in [1.29, 1.82) is 0 Å². The van der Waals surface area contributed by atoms with Crippen molar-refractivity contribution in [2.75, 3.05) is 18.5 Å². The van der Waals surface area contributed by atoms with Gasteiger partial charge in [-0.1, -0.05) is 0 Å². The number of aryl methyl sites for hydroxylation is 3. The molecule has 5 heteroatoms. The molecule has 0 saturated carbocycles. The second-order valence-electron chi connectivity index (χ2n) is 5.72. The molecule has 0 saturated heterocycles. The minimum absolute atomic E-state index is 0.361. The average Bonchev–Trinajstić information content (AvgIpc) is 2.74. The fourth-order valence-corrected chi connectivity index (χ4v) is 4.30. The van der Waals surface area contributed by atoms with E-state index < -0.39 is 0 Å². The van der Waals surface area contributed by atoms with Crippen LogP contribution in [0.4, 0.5) is 5.82 Å². The van der Waals surface area contributed by atoms with Gasteiger partial charge in [0, 0.05) is 18.5 Å². The Balaban J connectivity index is 2.16. The first-order valence-electron chi connectivity index (χ1n) is 7.24. The minimum atomic E-state index is -0.361. The molecule has 0 aromatic carbocycles. The molecule has 0 radical (unpaired) electrons. The van der Waals surface area contributed by atoms with E-state index >= 15 is 0 Å². The third kappa shape index (κ3) is 2.40. The standard InChI is InChI=1S/C15H21N3OS/c1-9(19)8-18(3)14-13-11-6-4-5-7-12(11)20-15(13)17-10(2)16-14/h9,19H,4-8H2,1-3H3. The molecule has 20 heavy (non-hydrogen) atoms. The Morgan fingerprint density at radius 2 is 2.05 bits per heavy atom. The number of hydrogen-bond acceptors (Lipinski definition) is 5. The first kappa shape index (κ1) is 13.8. The predicted molar refractivity (Wildman–Crippen MR) is 83.7 cm³/mol. The molecule has 0 amide bonds. The lowest BCUT2D eigenvalue weighted by atomic mass is 9.97. The van der Waals surface area contributed by atoms with Crippen LogP contribution in [-0.2, 0) is 12.8 Å². The summed E-state index contributed by atoms with van der Waals surface area (Å²) in [5.74, 6) is 1.79. The molecular weight excluding hydrogens is 270 g/mol. The van der Waals surface area contributed by atoms with Crippen molar-refractivity contribution >= 4 is 27.4 Å². The van der Waals surface area contributed by atoms with Crippen molar-refractivity contribution in [3.8, 4) is 0 Å². The third-order valence-corrected chi connectivity index (χ3v) is 4.99. The summed E-state index contributed by atoms with van der Waals surface area (Å²) < 4.78 is 0. The molecule has 108 valence electrons. The number of likely N-dealkylation sites (N-methyl/N-ethyl adjacent to an activating group) is 1. The molecular formula is C15H21N3OS. The van der Waals surface area contributed by atoms with Crippen LogP contribution in [0.3, 0.4) is 0 Å². The molecule has 3 rings (SSSR count). The number of anilines is 1.